The van der Waals surface area contributed by atoms with Crippen LogP contribution in [0.2, 0.25) is 0 Å². The van der Waals surface area contributed by atoms with Crippen LogP contribution in [0.5, 0.6) is 5.75 Å². The number of benzene rings is 1. The van der Waals surface area contributed by atoms with E-state index in [9.17, 15) is 4.79 Å². The summed E-state index contributed by atoms with van der Waals surface area (Å²) in [5, 5.41) is 2.82. The van der Waals surface area contributed by atoms with Crippen LogP contribution in [0.4, 0.5) is 5.82 Å². The van der Waals surface area contributed by atoms with Crippen LogP contribution in [0.3, 0.4) is 0 Å². The Morgan fingerprint density at radius 2 is 2.00 bits per heavy atom. The van der Waals surface area contributed by atoms with Gasteiger partial charge in [0.1, 0.15) is 11.6 Å². The van der Waals surface area contributed by atoms with E-state index in [1.165, 1.54) is 5.56 Å². The Hall–Kier alpha value is -2.40. The molecule has 0 aliphatic carbocycles. The van der Waals surface area contributed by atoms with Crippen LogP contribution in [-0.2, 0) is 21.4 Å². The van der Waals surface area contributed by atoms with Gasteiger partial charge in [0.2, 0.25) is 5.91 Å². The van der Waals surface area contributed by atoms with Crippen molar-refractivity contribution in [1.82, 2.24) is 4.98 Å². The second kappa shape index (κ2) is 6.84. The van der Waals surface area contributed by atoms with Crippen molar-refractivity contribution < 1.29 is 14.3 Å². The third-order valence-corrected chi connectivity index (χ3v) is 4.33. The molecule has 1 amide bonds. The first-order valence-electron chi connectivity index (χ1n) is 8.44. The average molecular weight is 340 g/mol. The Kier molecular flexibility index (Phi) is 4.77. The number of pyridine rings is 1. The quantitative estimate of drug-likeness (QED) is 0.857. The van der Waals surface area contributed by atoms with Gasteiger partial charge in [0.05, 0.1) is 0 Å². The normalized spacial score (nSPS) is 14.0. The molecule has 1 aromatic heterocycles. The van der Waals surface area contributed by atoms with Crippen LogP contribution in [0.1, 0.15) is 38.3 Å². The number of carbonyl (C=O) groups excluding carboxylic acids is 1. The first-order valence-corrected chi connectivity index (χ1v) is 8.44. The molecule has 0 saturated carbocycles. The Balaban J connectivity index is 2.06. The van der Waals surface area contributed by atoms with Gasteiger partial charge in [0.25, 0.3) is 0 Å². The van der Waals surface area contributed by atoms with Gasteiger partial charge in [-0.1, -0.05) is 26.8 Å². The van der Waals surface area contributed by atoms with Crippen LogP contribution < -0.4 is 10.1 Å². The van der Waals surface area contributed by atoms with Gasteiger partial charge in [-0.15, -0.1) is 0 Å². The molecule has 2 heterocycles. The van der Waals surface area contributed by atoms with Gasteiger partial charge in [-0.2, -0.15) is 0 Å². The minimum absolute atomic E-state index is 0.0200. The highest BCUT2D eigenvalue weighted by atomic mass is 16.7. The molecular weight excluding hydrogens is 316 g/mol. The predicted octanol–water partition coefficient (Wildman–Crippen LogP) is 3.91. The number of nitrogens with one attached hydrogen (secondary N) is 1. The van der Waals surface area contributed by atoms with Crippen molar-refractivity contribution in [3.05, 3.63) is 41.6 Å². The third-order valence-electron chi connectivity index (χ3n) is 4.33. The summed E-state index contributed by atoms with van der Waals surface area (Å²) < 4.78 is 10.8. The van der Waals surface area contributed by atoms with Crippen molar-refractivity contribution in [1.29, 1.82) is 0 Å². The standard InChI is InChI=1S/C20H24N2O3/c1-20(2,3)15-6-7-17(25-12-24-4)16(10-15)14-9-13-5-8-18(23)22-19(13)21-11-14/h6-7,9-11H,5,8,12H2,1-4H3,(H,21,22,23). The van der Waals surface area contributed by atoms with Gasteiger partial charge < -0.3 is 14.8 Å². The molecule has 0 radical (unpaired) electrons. The molecule has 1 aliphatic heterocycles. The number of amides is 1. The molecule has 3 rings (SSSR count). The van der Waals surface area contributed by atoms with E-state index in [0.717, 1.165) is 22.4 Å². The number of ether oxygens (including phenoxy) is 2. The highest BCUT2D eigenvalue weighted by Crippen LogP contribution is 2.36. The summed E-state index contributed by atoms with van der Waals surface area (Å²) in [4.78, 5) is 16.0. The molecule has 132 valence electrons. The first-order chi connectivity index (χ1) is 11.9. The molecule has 0 atom stereocenters. The molecule has 5 nitrogen and oxygen atoms in total. The third kappa shape index (κ3) is 3.82. The maximum Gasteiger partial charge on any atom is 0.225 e. The lowest BCUT2D eigenvalue weighted by Gasteiger charge is -2.22. The SMILES string of the molecule is COCOc1ccc(C(C)(C)C)cc1-c1cnc2c(c1)CCC(=O)N2. The summed E-state index contributed by atoms with van der Waals surface area (Å²) in [6.07, 6.45) is 2.98. The van der Waals surface area contributed by atoms with Crippen molar-refractivity contribution in [3.63, 3.8) is 0 Å². The van der Waals surface area contributed by atoms with Gasteiger partial charge in [-0.3, -0.25) is 4.79 Å². The number of anilines is 1. The highest BCUT2D eigenvalue weighted by Gasteiger charge is 2.20. The Morgan fingerprint density at radius 3 is 2.72 bits per heavy atom. The Bertz CT molecular complexity index is 794. The van der Waals surface area contributed by atoms with Gasteiger partial charge in [-0.25, -0.2) is 4.98 Å². The van der Waals surface area contributed by atoms with E-state index >= 15 is 0 Å². The number of aryl methyl sites for hydroxylation is 1. The number of methoxy groups -OCH3 is 1. The zero-order chi connectivity index (χ0) is 18.0. The van der Waals surface area contributed by atoms with E-state index in [4.69, 9.17) is 9.47 Å². The number of nitrogens with zero attached hydrogens (tertiary/aromatic N) is 1. The predicted molar refractivity (Wildman–Crippen MR) is 97.8 cm³/mol. The van der Waals surface area contributed by atoms with E-state index in [0.29, 0.717) is 18.7 Å². The lowest BCUT2D eigenvalue weighted by molar-refractivity contribution is -0.116. The molecule has 1 N–H and O–H groups in total. The molecule has 0 spiro atoms. The number of aromatic nitrogens is 1. The van der Waals surface area contributed by atoms with E-state index < -0.39 is 0 Å². The summed E-state index contributed by atoms with van der Waals surface area (Å²) in [6.45, 7) is 6.74. The second-order valence-electron chi connectivity index (χ2n) is 7.29. The van der Waals surface area contributed by atoms with Crippen LogP contribution in [0.25, 0.3) is 11.1 Å². The van der Waals surface area contributed by atoms with Gasteiger partial charge in [0.15, 0.2) is 6.79 Å². The summed E-state index contributed by atoms with van der Waals surface area (Å²) in [5.41, 5.74) is 4.27. The van der Waals surface area contributed by atoms with Crippen molar-refractivity contribution in [3.8, 4) is 16.9 Å². The van der Waals surface area contributed by atoms with Crippen molar-refractivity contribution >= 4 is 11.7 Å². The number of fused-ring (bicyclic) bond motifs is 1. The minimum Gasteiger partial charge on any atom is -0.467 e. The molecule has 0 saturated heterocycles. The number of rotatable bonds is 4. The van der Waals surface area contributed by atoms with Crippen molar-refractivity contribution in [2.24, 2.45) is 0 Å². The number of hydrogen-bond acceptors (Lipinski definition) is 4. The lowest BCUT2D eigenvalue weighted by atomic mass is 9.85. The zero-order valence-electron chi connectivity index (χ0n) is 15.2. The van der Waals surface area contributed by atoms with Crippen LogP contribution in [0.15, 0.2) is 30.5 Å². The second-order valence-corrected chi connectivity index (χ2v) is 7.29. The molecule has 0 bridgehead atoms. The summed E-state index contributed by atoms with van der Waals surface area (Å²) in [5.74, 6) is 1.44. The summed E-state index contributed by atoms with van der Waals surface area (Å²) in [6, 6.07) is 8.30. The van der Waals surface area contributed by atoms with Crippen molar-refractivity contribution in [2.45, 2.75) is 39.0 Å². The average Bonchev–Trinajstić information content (AvgIpc) is 2.58. The van der Waals surface area contributed by atoms with Gasteiger partial charge >= 0.3 is 0 Å². The van der Waals surface area contributed by atoms with E-state index in [1.54, 1.807) is 13.3 Å². The molecule has 5 heteroatoms. The van der Waals surface area contributed by atoms with Gasteiger partial charge in [0, 0.05) is 30.9 Å². The van der Waals surface area contributed by atoms with Crippen LogP contribution >= 0.6 is 0 Å². The van der Waals surface area contributed by atoms with Gasteiger partial charge in [-0.05, 0) is 41.2 Å². The molecular formula is C20H24N2O3. The fraction of sp³-hybridized carbons (Fsp3) is 0.400. The molecule has 25 heavy (non-hydrogen) atoms. The summed E-state index contributed by atoms with van der Waals surface area (Å²) in [7, 11) is 1.60. The zero-order valence-corrected chi connectivity index (χ0v) is 15.2. The fourth-order valence-electron chi connectivity index (χ4n) is 2.87. The highest BCUT2D eigenvalue weighted by molar-refractivity contribution is 5.93. The lowest BCUT2D eigenvalue weighted by Crippen LogP contribution is -2.20. The van der Waals surface area contributed by atoms with Crippen LogP contribution in [0, 0.1) is 0 Å². The topological polar surface area (TPSA) is 60.5 Å². The monoisotopic (exact) mass is 340 g/mol. The molecule has 0 fully saturated rings. The largest absolute Gasteiger partial charge is 0.467 e. The van der Waals surface area contributed by atoms with E-state index in [1.807, 2.05) is 6.07 Å². The fourth-order valence-corrected chi connectivity index (χ4v) is 2.87. The number of carbonyl (C=O) groups is 1. The first kappa shape index (κ1) is 17.4. The van der Waals surface area contributed by atoms with Crippen molar-refractivity contribution in [2.75, 3.05) is 19.2 Å². The minimum atomic E-state index is 0.0200. The molecule has 1 aliphatic rings. The maximum atomic E-state index is 11.5. The molecule has 2 aromatic rings. The smallest absolute Gasteiger partial charge is 0.225 e. The summed E-state index contributed by atoms with van der Waals surface area (Å²) >= 11 is 0. The maximum absolute atomic E-state index is 11.5. The van der Waals surface area contributed by atoms with E-state index in [-0.39, 0.29) is 18.1 Å². The number of hydrogen-bond donors (Lipinski definition) is 1. The van der Waals surface area contributed by atoms with Crippen LogP contribution in [-0.4, -0.2) is 24.8 Å². The Labute approximate surface area is 148 Å². The Morgan fingerprint density at radius 1 is 1.20 bits per heavy atom. The molecule has 0 unspecified atom stereocenters. The molecule has 1 aromatic carbocycles. The van der Waals surface area contributed by atoms with E-state index in [2.05, 4.69) is 49.3 Å².